The van der Waals surface area contributed by atoms with Gasteiger partial charge in [0, 0.05) is 12.2 Å². The average Bonchev–Trinajstić information content (AvgIpc) is 3.48. The van der Waals surface area contributed by atoms with Crippen LogP contribution in [0.5, 0.6) is 0 Å². The molecule has 0 spiro atoms. The van der Waals surface area contributed by atoms with Crippen LogP contribution >= 0.6 is 0 Å². The maximum atomic E-state index is 13.5. The summed E-state index contributed by atoms with van der Waals surface area (Å²) in [4.78, 5) is 58.0. The van der Waals surface area contributed by atoms with E-state index in [9.17, 15) is 24.3 Å². The summed E-state index contributed by atoms with van der Waals surface area (Å²) in [5.74, 6) is -3.72. The monoisotopic (exact) mass is 562 g/mol. The number of hydrogen-bond donors (Lipinski definition) is 4. The van der Waals surface area contributed by atoms with Crippen molar-refractivity contribution in [1.29, 1.82) is 0 Å². The first-order valence-corrected chi connectivity index (χ1v) is 13.0. The predicted octanol–water partition coefficient (Wildman–Crippen LogP) is 4.77. The number of aromatic carboxylic acids is 1. The Morgan fingerprint density at radius 2 is 1.60 bits per heavy atom. The van der Waals surface area contributed by atoms with E-state index in [2.05, 4.69) is 20.6 Å². The van der Waals surface area contributed by atoms with Crippen LogP contribution in [0.4, 0.5) is 5.69 Å². The predicted molar refractivity (Wildman–Crippen MR) is 155 cm³/mol. The number of amides is 2. The van der Waals surface area contributed by atoms with Crippen molar-refractivity contribution in [3.05, 3.63) is 131 Å². The normalized spacial score (nSPS) is 11.4. The Hall–Kier alpha value is -5.77. The highest BCUT2D eigenvalue weighted by atomic mass is 16.5. The van der Waals surface area contributed by atoms with Crippen LogP contribution in [-0.4, -0.2) is 45.4 Å². The fourth-order valence-corrected chi connectivity index (χ4v) is 4.44. The third kappa shape index (κ3) is 6.50. The molecule has 210 valence electrons. The van der Waals surface area contributed by atoms with E-state index in [1.807, 2.05) is 30.3 Å². The van der Waals surface area contributed by atoms with E-state index in [1.54, 1.807) is 48.5 Å². The van der Waals surface area contributed by atoms with Crippen molar-refractivity contribution in [2.45, 2.75) is 12.5 Å². The minimum absolute atomic E-state index is 0.0731. The lowest BCUT2D eigenvalue weighted by molar-refractivity contribution is -0.117. The van der Waals surface area contributed by atoms with Gasteiger partial charge in [-0.3, -0.25) is 9.59 Å². The number of rotatable bonds is 10. The van der Waals surface area contributed by atoms with Crippen LogP contribution < -0.4 is 10.6 Å². The molecule has 0 saturated carbocycles. The molecule has 1 atom stereocenters. The fraction of sp³-hybridized carbons (Fsp3) is 0.0938. The number of nitrogens with zero attached hydrogens (tertiary/aromatic N) is 1. The molecule has 4 N–H and O–H groups in total. The molecule has 0 aliphatic rings. The third-order valence-corrected chi connectivity index (χ3v) is 6.60. The Balaban J connectivity index is 1.31. The lowest BCUT2D eigenvalue weighted by Crippen LogP contribution is -2.35. The van der Waals surface area contributed by atoms with Crippen molar-refractivity contribution < 1.29 is 29.0 Å². The van der Waals surface area contributed by atoms with Gasteiger partial charge >= 0.3 is 11.9 Å². The number of carbonyl (C=O) groups excluding carboxylic acids is 3. The Morgan fingerprint density at radius 1 is 0.857 bits per heavy atom. The number of fused-ring (bicyclic) bond motifs is 1. The highest BCUT2D eigenvalue weighted by molar-refractivity contribution is 6.08. The second kappa shape index (κ2) is 12.6. The van der Waals surface area contributed by atoms with Crippen molar-refractivity contribution in [1.82, 2.24) is 15.3 Å². The molecule has 5 rings (SSSR count). The molecule has 2 amide bonds. The Labute approximate surface area is 240 Å². The molecule has 0 bridgehead atoms. The molecule has 1 aromatic heterocycles. The van der Waals surface area contributed by atoms with E-state index in [1.165, 1.54) is 24.5 Å². The summed E-state index contributed by atoms with van der Waals surface area (Å²) in [5, 5.41) is 15.2. The van der Waals surface area contributed by atoms with Crippen molar-refractivity contribution in [2.24, 2.45) is 0 Å². The summed E-state index contributed by atoms with van der Waals surface area (Å²) in [6.07, 6.45) is 1.41. The van der Waals surface area contributed by atoms with Crippen molar-refractivity contribution in [3.8, 4) is 0 Å². The van der Waals surface area contributed by atoms with Gasteiger partial charge in [0.1, 0.15) is 6.61 Å². The van der Waals surface area contributed by atoms with Gasteiger partial charge in [0.25, 0.3) is 5.91 Å². The number of H-pyrrole nitrogens is 1. The zero-order valence-corrected chi connectivity index (χ0v) is 22.2. The summed E-state index contributed by atoms with van der Waals surface area (Å²) >= 11 is 0. The highest BCUT2D eigenvalue weighted by Crippen LogP contribution is 2.21. The average molecular weight is 563 g/mol. The first-order valence-electron chi connectivity index (χ1n) is 13.0. The number of carbonyl (C=O) groups is 4. The molecule has 1 unspecified atom stereocenters. The Morgan fingerprint density at radius 3 is 2.33 bits per heavy atom. The van der Waals surface area contributed by atoms with Crippen LogP contribution in [0.15, 0.2) is 103 Å². The molecule has 0 radical (unpaired) electrons. The van der Waals surface area contributed by atoms with Crippen LogP contribution in [0.25, 0.3) is 11.0 Å². The van der Waals surface area contributed by atoms with Crippen LogP contribution in [-0.2, 0) is 16.1 Å². The van der Waals surface area contributed by atoms with Crippen LogP contribution in [0.3, 0.4) is 0 Å². The molecule has 42 heavy (non-hydrogen) atoms. The van der Waals surface area contributed by atoms with Gasteiger partial charge in [-0.2, -0.15) is 0 Å². The Bertz CT molecular complexity index is 1750. The van der Waals surface area contributed by atoms with Crippen LogP contribution in [0, 0.1) is 0 Å². The van der Waals surface area contributed by atoms with Crippen molar-refractivity contribution in [3.63, 3.8) is 0 Å². The summed E-state index contributed by atoms with van der Waals surface area (Å²) < 4.78 is 5.40. The number of esters is 1. The third-order valence-electron chi connectivity index (χ3n) is 6.60. The first kappa shape index (κ1) is 27.8. The van der Waals surface area contributed by atoms with Gasteiger partial charge in [-0.25, -0.2) is 14.6 Å². The van der Waals surface area contributed by atoms with Crippen LogP contribution in [0.1, 0.15) is 48.1 Å². The molecule has 0 aliphatic carbocycles. The SMILES string of the molecule is O=C(OCc1ccccc1)c1cccc(NC(=O)C(CNC(=O)c2cc3nc[nH]c3cc2C(=O)O)c2ccccc2)c1. The van der Waals surface area contributed by atoms with E-state index in [0.29, 0.717) is 22.3 Å². The van der Waals surface area contributed by atoms with E-state index in [0.717, 1.165) is 5.56 Å². The number of carboxylic acid groups (broad SMARTS) is 1. The number of aromatic nitrogens is 2. The summed E-state index contributed by atoms with van der Waals surface area (Å²) in [5.41, 5.74) is 2.78. The molecule has 4 aromatic carbocycles. The summed E-state index contributed by atoms with van der Waals surface area (Å²) in [7, 11) is 0. The zero-order chi connectivity index (χ0) is 29.5. The van der Waals surface area contributed by atoms with Gasteiger partial charge in [-0.15, -0.1) is 0 Å². The van der Waals surface area contributed by atoms with Gasteiger partial charge in [0.2, 0.25) is 5.91 Å². The van der Waals surface area contributed by atoms with Gasteiger partial charge < -0.3 is 25.5 Å². The van der Waals surface area contributed by atoms with Crippen molar-refractivity contribution >= 4 is 40.5 Å². The Kier molecular flexibility index (Phi) is 8.34. The topological polar surface area (TPSA) is 150 Å². The van der Waals surface area contributed by atoms with Gasteiger partial charge in [0.05, 0.1) is 40.0 Å². The minimum atomic E-state index is -1.27. The number of hydrogen-bond acceptors (Lipinski definition) is 6. The van der Waals surface area contributed by atoms with Crippen molar-refractivity contribution in [2.75, 3.05) is 11.9 Å². The van der Waals surface area contributed by atoms with E-state index < -0.39 is 29.7 Å². The number of anilines is 1. The number of imidazole rings is 1. The highest BCUT2D eigenvalue weighted by Gasteiger charge is 2.24. The smallest absolute Gasteiger partial charge is 0.338 e. The maximum absolute atomic E-state index is 13.5. The minimum Gasteiger partial charge on any atom is -0.478 e. The standard InChI is InChI=1S/C32H26N4O6/c37-29(24-15-27-28(35-19-34-27)16-25(24)31(39)40)33-17-26(21-10-5-2-6-11-21)30(38)36-23-13-7-12-22(14-23)32(41)42-18-20-8-3-1-4-9-20/h1-16,19,26H,17-18H2,(H,33,37)(H,34,35)(H,36,38)(H,39,40). The number of ether oxygens (including phenoxy) is 1. The maximum Gasteiger partial charge on any atom is 0.338 e. The van der Waals surface area contributed by atoms with Gasteiger partial charge in [-0.1, -0.05) is 66.7 Å². The molecule has 5 aromatic rings. The quantitative estimate of drug-likeness (QED) is 0.179. The number of benzene rings is 4. The second-order valence-electron chi connectivity index (χ2n) is 9.43. The van der Waals surface area contributed by atoms with E-state index >= 15 is 0 Å². The lowest BCUT2D eigenvalue weighted by Gasteiger charge is -2.19. The molecule has 0 saturated heterocycles. The number of nitrogens with one attached hydrogen (secondary N) is 3. The lowest BCUT2D eigenvalue weighted by atomic mass is 9.97. The zero-order valence-electron chi connectivity index (χ0n) is 22.2. The number of aromatic amines is 1. The molecular formula is C32H26N4O6. The fourth-order valence-electron chi connectivity index (χ4n) is 4.44. The molecule has 10 heteroatoms. The molecule has 1 heterocycles. The molecule has 0 aliphatic heterocycles. The largest absolute Gasteiger partial charge is 0.478 e. The van der Waals surface area contributed by atoms with Gasteiger partial charge in [-0.05, 0) is 41.5 Å². The van der Waals surface area contributed by atoms with E-state index in [-0.39, 0.29) is 29.8 Å². The summed E-state index contributed by atoms with van der Waals surface area (Å²) in [6.45, 7) is -0.00609. The summed E-state index contributed by atoms with van der Waals surface area (Å²) in [6, 6.07) is 27.3. The van der Waals surface area contributed by atoms with Crippen LogP contribution in [0.2, 0.25) is 0 Å². The second-order valence-corrected chi connectivity index (χ2v) is 9.43. The van der Waals surface area contributed by atoms with Gasteiger partial charge in [0.15, 0.2) is 0 Å². The molecule has 0 fully saturated rings. The molecular weight excluding hydrogens is 536 g/mol. The first-order chi connectivity index (χ1) is 20.4. The van der Waals surface area contributed by atoms with E-state index in [4.69, 9.17) is 4.74 Å². The number of carboxylic acids is 1. The molecule has 10 nitrogen and oxygen atoms in total.